The summed E-state index contributed by atoms with van der Waals surface area (Å²) in [6.45, 7) is 57.0. The third kappa shape index (κ3) is 13.5. The first kappa shape index (κ1) is 52.1. The Labute approximate surface area is 386 Å². The molecule has 2 heteroatoms. The first-order valence-electron chi connectivity index (χ1n) is 23.6. The highest BCUT2D eigenvalue weighted by atomic mass is 31.1. The first-order valence-corrected chi connectivity index (χ1v) is 26.7. The van der Waals surface area contributed by atoms with Crippen molar-refractivity contribution in [3.8, 4) is 0 Å². The van der Waals surface area contributed by atoms with Gasteiger partial charge in [0.2, 0.25) is 0 Å². The molecule has 0 aliphatic rings. The number of benzene rings is 4. The van der Waals surface area contributed by atoms with Gasteiger partial charge in [-0.2, -0.15) is 0 Å². The van der Waals surface area contributed by atoms with Crippen molar-refractivity contribution in [3.63, 3.8) is 0 Å². The van der Waals surface area contributed by atoms with Gasteiger partial charge in [-0.1, -0.05) is 251 Å². The molecule has 0 nitrogen and oxygen atoms in total. The molecule has 0 aromatic heterocycles. The predicted molar refractivity (Wildman–Crippen MR) is 287 cm³/mol. The summed E-state index contributed by atoms with van der Waals surface area (Å²) in [6.07, 6.45) is 7.19. The van der Waals surface area contributed by atoms with Crippen LogP contribution in [0.2, 0.25) is 0 Å². The van der Waals surface area contributed by atoms with Gasteiger partial charge in [-0.3, -0.25) is 0 Å². The van der Waals surface area contributed by atoms with Gasteiger partial charge in [0.05, 0.1) is 0 Å². The Kier molecular flexibility index (Phi) is 15.2. The second kappa shape index (κ2) is 18.0. The lowest BCUT2D eigenvalue weighted by molar-refractivity contribution is 0.568. The Morgan fingerprint density at radius 2 is 0.371 bits per heavy atom. The summed E-state index contributed by atoms with van der Waals surface area (Å²) in [7, 11) is -1.41. The second-order valence-electron chi connectivity index (χ2n) is 26.8. The molecule has 0 bridgehead atoms. The van der Waals surface area contributed by atoms with E-state index >= 15 is 0 Å². The van der Waals surface area contributed by atoms with E-state index in [2.05, 4.69) is 251 Å². The molecular weight excluding hydrogens is 783 g/mol. The number of rotatable bonds is 8. The van der Waals surface area contributed by atoms with Crippen molar-refractivity contribution in [2.45, 2.75) is 209 Å². The van der Waals surface area contributed by atoms with Gasteiger partial charge in [-0.25, -0.2) is 0 Å². The van der Waals surface area contributed by atoms with Crippen LogP contribution in [0.25, 0.3) is 0 Å². The zero-order valence-electron chi connectivity index (χ0n) is 44.4. The van der Waals surface area contributed by atoms with Gasteiger partial charge in [-0.15, -0.1) is 0 Å². The number of hydrogen-bond acceptors (Lipinski definition) is 0. The van der Waals surface area contributed by atoms with Crippen LogP contribution in [0.5, 0.6) is 0 Å². The Morgan fingerprint density at radius 1 is 0.242 bits per heavy atom. The lowest BCUT2D eigenvalue weighted by atomic mass is 9.81. The van der Waals surface area contributed by atoms with Crippen LogP contribution in [-0.2, 0) is 43.3 Å². The minimum atomic E-state index is -0.706. The van der Waals surface area contributed by atoms with E-state index in [1.807, 2.05) is 0 Å². The summed E-state index contributed by atoms with van der Waals surface area (Å²) < 4.78 is 0. The molecule has 0 radical (unpaired) electrons. The SMILES string of the molecule is CC(C)(C)c1cc(P(C/C=C\CP(c2cc(C(C)(C)C)cc(C(C)(C)C)c2)c2cc(C(C)(C)C)cc(C(C)(C)C)c2)c2cc(C(C)(C)C)cc(C(C)(C)C)c2)cc(C(C)(C)C)c1. The first-order chi connectivity index (χ1) is 27.8. The van der Waals surface area contributed by atoms with Gasteiger partial charge in [0.25, 0.3) is 0 Å². The standard InChI is InChI=1S/C60H90P2/c1-53(2,3)41-29-42(54(4,5)6)34-49(33-41)61(50-35-43(55(7,8)9)30-44(36-50)56(10,11)12)27-25-26-28-62(51-37-45(57(13,14)15)31-46(38-51)58(16,17)18)52-39-47(59(19,20)21)32-48(40-52)60(22,23)24/h25-26,29-40H,27-28H2,1-24H3/b26-25-. The molecule has 0 saturated carbocycles. The summed E-state index contributed by atoms with van der Waals surface area (Å²) in [6, 6.07) is 30.5. The van der Waals surface area contributed by atoms with Crippen LogP contribution in [0, 0.1) is 0 Å². The average molecular weight is 873 g/mol. The van der Waals surface area contributed by atoms with Crippen LogP contribution in [0.3, 0.4) is 0 Å². The van der Waals surface area contributed by atoms with Gasteiger partial charge < -0.3 is 0 Å². The van der Waals surface area contributed by atoms with Crippen molar-refractivity contribution in [2.24, 2.45) is 0 Å². The zero-order valence-corrected chi connectivity index (χ0v) is 46.2. The molecule has 4 aromatic carbocycles. The van der Waals surface area contributed by atoms with Crippen molar-refractivity contribution in [3.05, 3.63) is 129 Å². The molecule has 340 valence electrons. The molecular formula is C60H90P2. The third-order valence-corrected chi connectivity index (χ3v) is 17.3. The molecule has 4 aromatic rings. The van der Waals surface area contributed by atoms with E-state index < -0.39 is 15.8 Å². The summed E-state index contributed by atoms with van der Waals surface area (Å²) in [4.78, 5) is 0. The fraction of sp³-hybridized carbons (Fsp3) is 0.567. The van der Waals surface area contributed by atoms with Gasteiger partial charge in [0.15, 0.2) is 0 Å². The molecule has 0 aliphatic carbocycles. The normalized spacial score (nSPS) is 14.2. The average Bonchev–Trinajstić information content (AvgIpc) is 3.09. The van der Waals surface area contributed by atoms with E-state index in [4.69, 9.17) is 0 Å². The minimum Gasteiger partial charge on any atom is -0.0832 e. The Balaban J connectivity index is 2.02. The van der Waals surface area contributed by atoms with Crippen molar-refractivity contribution >= 4 is 37.1 Å². The predicted octanol–water partition coefficient (Wildman–Crippen LogP) is 16.2. The van der Waals surface area contributed by atoms with Gasteiger partial charge >= 0.3 is 0 Å². The fourth-order valence-electron chi connectivity index (χ4n) is 7.61. The molecule has 0 N–H and O–H groups in total. The Morgan fingerprint density at radius 3 is 0.484 bits per heavy atom. The lowest BCUT2D eigenvalue weighted by Crippen LogP contribution is -2.25. The maximum absolute atomic E-state index is 2.58. The smallest absolute Gasteiger partial charge is 0.00641 e. The Bertz CT molecular complexity index is 1770. The highest BCUT2D eigenvalue weighted by molar-refractivity contribution is 7.73. The number of allylic oxidation sites excluding steroid dienone is 2. The zero-order chi connectivity index (χ0) is 47.4. The number of hydrogen-bond donors (Lipinski definition) is 0. The van der Waals surface area contributed by atoms with Crippen molar-refractivity contribution in [1.29, 1.82) is 0 Å². The van der Waals surface area contributed by atoms with E-state index in [-0.39, 0.29) is 43.3 Å². The quantitative estimate of drug-likeness (QED) is 0.122. The van der Waals surface area contributed by atoms with Gasteiger partial charge in [0, 0.05) is 0 Å². The molecule has 0 atom stereocenters. The third-order valence-electron chi connectivity index (χ3n) is 12.6. The summed E-state index contributed by atoms with van der Waals surface area (Å²) in [5.74, 6) is 0. The highest BCUT2D eigenvalue weighted by Gasteiger charge is 2.29. The molecule has 0 saturated heterocycles. The summed E-state index contributed by atoms with van der Waals surface area (Å²) in [5.41, 5.74) is 11.9. The maximum Gasteiger partial charge on any atom is -0.00641 e. The molecule has 0 unspecified atom stereocenters. The van der Waals surface area contributed by atoms with Crippen LogP contribution in [0.4, 0.5) is 0 Å². The van der Waals surface area contributed by atoms with Gasteiger partial charge in [-0.05, 0) is 137 Å². The highest BCUT2D eigenvalue weighted by Crippen LogP contribution is 2.43. The maximum atomic E-state index is 2.58. The van der Waals surface area contributed by atoms with Crippen LogP contribution >= 0.6 is 15.8 Å². The molecule has 0 fully saturated rings. The van der Waals surface area contributed by atoms with Crippen molar-refractivity contribution in [2.75, 3.05) is 12.3 Å². The van der Waals surface area contributed by atoms with E-state index in [1.165, 1.54) is 65.7 Å². The molecule has 0 amide bonds. The summed E-state index contributed by atoms with van der Waals surface area (Å²) >= 11 is 0. The van der Waals surface area contributed by atoms with Crippen LogP contribution in [-0.4, -0.2) is 12.3 Å². The molecule has 0 spiro atoms. The van der Waals surface area contributed by atoms with E-state index in [1.54, 1.807) is 0 Å². The second-order valence-corrected chi connectivity index (χ2v) is 31.3. The Hall–Kier alpha value is -2.52. The molecule has 0 aliphatic heterocycles. The summed E-state index contributed by atoms with van der Waals surface area (Å²) in [5, 5.41) is 5.98. The molecule has 0 heterocycles. The topological polar surface area (TPSA) is 0 Å². The van der Waals surface area contributed by atoms with Crippen LogP contribution < -0.4 is 21.2 Å². The molecule has 62 heavy (non-hydrogen) atoms. The monoisotopic (exact) mass is 873 g/mol. The largest absolute Gasteiger partial charge is 0.0832 e. The van der Waals surface area contributed by atoms with E-state index in [0.717, 1.165) is 12.3 Å². The lowest BCUT2D eigenvalue weighted by Gasteiger charge is -2.31. The van der Waals surface area contributed by atoms with Crippen molar-refractivity contribution < 1.29 is 0 Å². The van der Waals surface area contributed by atoms with Crippen LogP contribution in [0.15, 0.2) is 84.9 Å². The minimum absolute atomic E-state index is 0.0491. The van der Waals surface area contributed by atoms with Gasteiger partial charge in [0.1, 0.15) is 0 Å². The van der Waals surface area contributed by atoms with E-state index in [0.29, 0.717) is 0 Å². The van der Waals surface area contributed by atoms with Crippen LogP contribution in [0.1, 0.15) is 211 Å². The van der Waals surface area contributed by atoms with E-state index in [9.17, 15) is 0 Å². The van der Waals surface area contributed by atoms with Crippen molar-refractivity contribution in [1.82, 2.24) is 0 Å². The fourth-order valence-corrected chi connectivity index (χ4v) is 12.1. The molecule has 4 rings (SSSR count).